The lowest BCUT2D eigenvalue weighted by Gasteiger charge is -2.23. The Morgan fingerprint density at radius 2 is 1.14 bits per heavy atom. The summed E-state index contributed by atoms with van der Waals surface area (Å²) >= 11 is 0. The zero-order chi connectivity index (χ0) is 20.6. The Morgan fingerprint density at radius 3 is 1.61 bits per heavy atom. The number of phenols is 5. The molecule has 0 atom stereocenters. The maximum Gasteiger partial charge on any atom is 0.160 e. The van der Waals surface area contributed by atoms with E-state index in [2.05, 4.69) is 0 Å². The van der Waals surface area contributed by atoms with Crippen LogP contribution in [-0.4, -0.2) is 32.6 Å². The van der Waals surface area contributed by atoms with E-state index in [-0.39, 0.29) is 34.5 Å². The summed E-state index contributed by atoms with van der Waals surface area (Å²) in [6.07, 6.45) is 0. The highest BCUT2D eigenvalue weighted by molar-refractivity contribution is 5.61. The molecule has 5 N–H and O–H groups in total. The maximum absolute atomic E-state index is 10.7. The normalized spacial score (nSPS) is 11.0. The van der Waals surface area contributed by atoms with E-state index in [0.717, 1.165) is 0 Å². The Hall–Kier alpha value is -3.54. The molecule has 3 rings (SSSR count). The van der Waals surface area contributed by atoms with Crippen LogP contribution in [-0.2, 0) is 0 Å². The lowest BCUT2D eigenvalue weighted by Crippen LogP contribution is -2.06. The molecule has 0 amide bonds. The quantitative estimate of drug-likeness (QED) is 0.436. The number of aromatic hydroxyl groups is 5. The van der Waals surface area contributed by atoms with Gasteiger partial charge in [-0.25, -0.2) is 0 Å². The topological polar surface area (TPSA) is 110 Å². The smallest absolute Gasteiger partial charge is 0.160 e. The molecule has 0 saturated carbocycles. The summed E-state index contributed by atoms with van der Waals surface area (Å²) in [5.74, 6) is -0.754. The molecule has 146 valence electrons. The first kappa shape index (κ1) is 19.2. The molecule has 3 aromatic rings. The van der Waals surface area contributed by atoms with Gasteiger partial charge in [0, 0.05) is 28.2 Å². The molecule has 0 spiro atoms. The Kier molecular flexibility index (Phi) is 4.96. The SMILES string of the molecule is COc1cc(C(c2ccc(O)c(C)c2O)c2ccc(O)c(C)c2O)ccc1O. The van der Waals surface area contributed by atoms with Gasteiger partial charge >= 0.3 is 0 Å². The van der Waals surface area contributed by atoms with Crippen LogP contribution in [0.4, 0.5) is 0 Å². The fraction of sp³-hybridized carbons (Fsp3) is 0.182. The highest BCUT2D eigenvalue weighted by Gasteiger charge is 2.26. The number of rotatable bonds is 4. The van der Waals surface area contributed by atoms with E-state index in [0.29, 0.717) is 27.8 Å². The Balaban J connectivity index is 2.33. The molecule has 0 bridgehead atoms. The van der Waals surface area contributed by atoms with E-state index in [1.54, 1.807) is 38.1 Å². The number of methoxy groups -OCH3 is 1. The Bertz CT molecular complexity index is 984. The first-order valence-electron chi connectivity index (χ1n) is 8.66. The van der Waals surface area contributed by atoms with Gasteiger partial charge in [-0.1, -0.05) is 18.2 Å². The highest BCUT2D eigenvalue weighted by atomic mass is 16.5. The van der Waals surface area contributed by atoms with Crippen molar-refractivity contribution in [2.45, 2.75) is 19.8 Å². The molecule has 0 aliphatic carbocycles. The fourth-order valence-corrected chi connectivity index (χ4v) is 3.29. The second kappa shape index (κ2) is 7.23. The lowest BCUT2D eigenvalue weighted by molar-refractivity contribution is 0.372. The minimum atomic E-state index is -0.645. The molecule has 0 radical (unpaired) electrons. The van der Waals surface area contributed by atoms with Crippen LogP contribution in [0.2, 0.25) is 0 Å². The van der Waals surface area contributed by atoms with Crippen LogP contribution >= 0.6 is 0 Å². The van der Waals surface area contributed by atoms with Gasteiger partial charge in [0.2, 0.25) is 0 Å². The van der Waals surface area contributed by atoms with Gasteiger partial charge in [0.1, 0.15) is 23.0 Å². The van der Waals surface area contributed by atoms with Gasteiger partial charge in [0.25, 0.3) is 0 Å². The molecule has 0 heterocycles. The molecule has 0 aliphatic heterocycles. The predicted molar refractivity (Wildman–Crippen MR) is 105 cm³/mol. The van der Waals surface area contributed by atoms with Crippen LogP contribution in [0.1, 0.15) is 33.7 Å². The number of benzene rings is 3. The monoisotopic (exact) mass is 382 g/mol. The molecule has 28 heavy (non-hydrogen) atoms. The van der Waals surface area contributed by atoms with Crippen molar-refractivity contribution in [1.29, 1.82) is 0 Å². The molecule has 6 heteroatoms. The van der Waals surface area contributed by atoms with Crippen molar-refractivity contribution in [3.63, 3.8) is 0 Å². The van der Waals surface area contributed by atoms with Crippen LogP contribution < -0.4 is 4.74 Å². The molecule has 0 saturated heterocycles. The van der Waals surface area contributed by atoms with Crippen molar-refractivity contribution in [1.82, 2.24) is 0 Å². The summed E-state index contributed by atoms with van der Waals surface area (Å²) in [7, 11) is 1.43. The second-order valence-electron chi connectivity index (χ2n) is 6.66. The Morgan fingerprint density at radius 1 is 0.679 bits per heavy atom. The highest BCUT2D eigenvalue weighted by Crippen LogP contribution is 2.46. The van der Waals surface area contributed by atoms with Gasteiger partial charge in [-0.15, -0.1) is 0 Å². The average molecular weight is 382 g/mol. The minimum absolute atomic E-state index is 0.0396. The van der Waals surface area contributed by atoms with E-state index in [9.17, 15) is 25.5 Å². The third-order valence-corrected chi connectivity index (χ3v) is 5.03. The summed E-state index contributed by atoms with van der Waals surface area (Å²) in [6.45, 7) is 3.18. The maximum atomic E-state index is 10.7. The molecule has 3 aromatic carbocycles. The zero-order valence-corrected chi connectivity index (χ0v) is 15.8. The lowest BCUT2D eigenvalue weighted by atomic mass is 9.82. The van der Waals surface area contributed by atoms with E-state index in [4.69, 9.17) is 4.74 Å². The number of phenolic OH excluding ortho intramolecular Hbond substituents is 5. The zero-order valence-electron chi connectivity index (χ0n) is 15.8. The van der Waals surface area contributed by atoms with Crippen LogP contribution in [0, 0.1) is 13.8 Å². The van der Waals surface area contributed by atoms with Gasteiger partial charge in [-0.2, -0.15) is 0 Å². The van der Waals surface area contributed by atoms with E-state index in [1.807, 2.05) is 0 Å². The Labute approximate surface area is 162 Å². The predicted octanol–water partition coefficient (Wildman–Crippen LogP) is 4.02. The number of hydrogen-bond donors (Lipinski definition) is 5. The van der Waals surface area contributed by atoms with Crippen molar-refractivity contribution in [2.75, 3.05) is 7.11 Å². The van der Waals surface area contributed by atoms with Crippen LogP contribution in [0.25, 0.3) is 0 Å². The van der Waals surface area contributed by atoms with Crippen LogP contribution in [0.5, 0.6) is 34.5 Å². The fourth-order valence-electron chi connectivity index (χ4n) is 3.29. The first-order valence-corrected chi connectivity index (χ1v) is 8.66. The second-order valence-corrected chi connectivity index (χ2v) is 6.66. The largest absolute Gasteiger partial charge is 0.508 e. The van der Waals surface area contributed by atoms with Crippen molar-refractivity contribution >= 4 is 0 Å². The van der Waals surface area contributed by atoms with Crippen LogP contribution in [0.3, 0.4) is 0 Å². The molecule has 0 fully saturated rings. The van der Waals surface area contributed by atoms with Gasteiger partial charge in [-0.05, 0) is 43.7 Å². The number of hydrogen-bond acceptors (Lipinski definition) is 6. The van der Waals surface area contributed by atoms with Crippen molar-refractivity contribution in [3.05, 3.63) is 70.3 Å². The number of ether oxygens (including phenoxy) is 1. The molecule has 0 unspecified atom stereocenters. The van der Waals surface area contributed by atoms with E-state index < -0.39 is 5.92 Å². The molecule has 6 nitrogen and oxygen atoms in total. The molecule has 0 aliphatic rings. The van der Waals surface area contributed by atoms with Crippen molar-refractivity contribution in [3.8, 4) is 34.5 Å². The summed E-state index contributed by atoms with van der Waals surface area (Å²) in [5, 5.41) is 51.1. The van der Waals surface area contributed by atoms with Gasteiger partial charge in [0.05, 0.1) is 7.11 Å². The average Bonchev–Trinajstić information content (AvgIpc) is 2.68. The summed E-state index contributed by atoms with van der Waals surface area (Å²) < 4.78 is 5.20. The van der Waals surface area contributed by atoms with Gasteiger partial charge in [-0.3, -0.25) is 0 Å². The summed E-state index contributed by atoms with van der Waals surface area (Å²) in [6, 6.07) is 10.8. The molecular formula is C22H22O6. The van der Waals surface area contributed by atoms with Crippen LogP contribution in [0.15, 0.2) is 42.5 Å². The summed E-state index contributed by atoms with van der Waals surface area (Å²) in [4.78, 5) is 0. The summed E-state index contributed by atoms with van der Waals surface area (Å²) in [5.41, 5.74) is 2.15. The standard InChI is InChI=1S/C22H22O6/c1-11-16(23)8-5-14(21(11)26)20(13-4-7-18(25)19(10-13)28-3)15-6-9-17(24)12(2)22(15)27/h4-10,20,23-27H,1-3H3. The van der Waals surface area contributed by atoms with E-state index >= 15 is 0 Å². The third kappa shape index (κ3) is 3.13. The van der Waals surface area contributed by atoms with Gasteiger partial charge < -0.3 is 30.3 Å². The van der Waals surface area contributed by atoms with Gasteiger partial charge in [0.15, 0.2) is 11.5 Å². The van der Waals surface area contributed by atoms with Crippen molar-refractivity contribution in [2.24, 2.45) is 0 Å². The molecular weight excluding hydrogens is 360 g/mol. The van der Waals surface area contributed by atoms with Crippen molar-refractivity contribution < 1.29 is 30.3 Å². The minimum Gasteiger partial charge on any atom is -0.508 e. The molecule has 0 aromatic heterocycles. The first-order chi connectivity index (χ1) is 13.3. The van der Waals surface area contributed by atoms with E-state index in [1.165, 1.54) is 25.3 Å². The third-order valence-electron chi connectivity index (χ3n) is 5.03.